The van der Waals surface area contributed by atoms with Crippen LogP contribution < -0.4 is 14.8 Å². The van der Waals surface area contributed by atoms with Crippen molar-refractivity contribution < 1.29 is 23.8 Å². The molecule has 0 aliphatic rings. The van der Waals surface area contributed by atoms with Crippen molar-refractivity contribution in [2.75, 3.05) is 19.5 Å². The fourth-order valence-electron chi connectivity index (χ4n) is 3.66. The van der Waals surface area contributed by atoms with Gasteiger partial charge in [0.1, 0.15) is 11.4 Å². The molecule has 4 aromatic rings. The average molecular weight is 473 g/mol. The van der Waals surface area contributed by atoms with Gasteiger partial charge in [0.25, 0.3) is 0 Å². The second-order valence-corrected chi connectivity index (χ2v) is 7.60. The molecule has 0 radical (unpaired) electrons. The summed E-state index contributed by atoms with van der Waals surface area (Å²) in [6.45, 7) is 4.88. The predicted molar refractivity (Wildman–Crippen MR) is 132 cm³/mol. The Balaban J connectivity index is 1.87. The number of methoxy groups -OCH3 is 2. The number of nitrogens with one attached hydrogen (secondary N) is 1. The summed E-state index contributed by atoms with van der Waals surface area (Å²) in [7, 11) is 3.12. The number of benzene rings is 1. The van der Waals surface area contributed by atoms with Gasteiger partial charge >= 0.3 is 5.97 Å². The summed E-state index contributed by atoms with van der Waals surface area (Å²) in [4.78, 5) is 32.1. The Kier molecular flexibility index (Phi) is 6.77. The van der Waals surface area contributed by atoms with Crippen molar-refractivity contribution in [3.05, 3.63) is 67.6 Å². The summed E-state index contributed by atoms with van der Waals surface area (Å²) >= 11 is 0. The number of carbonyl (C=O) groups excluding carboxylic acids is 2. The van der Waals surface area contributed by atoms with E-state index in [0.717, 1.165) is 27.6 Å². The lowest BCUT2D eigenvalue weighted by molar-refractivity contribution is -0.144. The number of amides is 1. The van der Waals surface area contributed by atoms with Crippen LogP contribution in [0.2, 0.25) is 0 Å². The van der Waals surface area contributed by atoms with E-state index in [4.69, 9.17) is 14.2 Å². The van der Waals surface area contributed by atoms with Gasteiger partial charge in [-0.05, 0) is 41.5 Å². The summed E-state index contributed by atoms with van der Waals surface area (Å²) in [5.41, 5.74) is 4.54. The summed E-state index contributed by atoms with van der Waals surface area (Å²) in [5, 5.41) is 3.60. The van der Waals surface area contributed by atoms with Gasteiger partial charge in [0.15, 0.2) is 6.73 Å². The molecule has 0 atom stereocenters. The van der Waals surface area contributed by atoms with E-state index in [1.54, 1.807) is 37.2 Å². The molecule has 9 nitrogen and oxygen atoms in total. The Morgan fingerprint density at radius 1 is 1.06 bits per heavy atom. The van der Waals surface area contributed by atoms with Crippen LogP contribution in [0.15, 0.2) is 67.6 Å². The third kappa shape index (κ3) is 5.14. The second-order valence-electron chi connectivity index (χ2n) is 7.60. The topological polar surface area (TPSA) is 105 Å². The van der Waals surface area contributed by atoms with E-state index in [0.29, 0.717) is 23.0 Å². The molecule has 9 heteroatoms. The highest BCUT2D eigenvalue weighted by atomic mass is 16.5. The Morgan fingerprint density at radius 2 is 1.89 bits per heavy atom. The Labute approximate surface area is 202 Å². The Bertz CT molecular complexity index is 1430. The van der Waals surface area contributed by atoms with Crippen LogP contribution in [0.1, 0.15) is 6.92 Å². The first-order chi connectivity index (χ1) is 16.9. The molecule has 1 amide bonds. The standard InChI is InChI=1S/C26H24N4O5/c1-5-24(32)29-20-8-18(9-21(12-20)33-3)19-10-22-23(17-6-7-27-25(11-17)34-4)14-30(15-35-16(2)31)26(22)28-13-19/h5-14H,1,15H2,2-4H3,(H,29,32). The fraction of sp³-hybridized carbons (Fsp3) is 0.154. The molecule has 0 aliphatic carbocycles. The van der Waals surface area contributed by atoms with Crippen molar-refractivity contribution in [1.82, 2.24) is 14.5 Å². The van der Waals surface area contributed by atoms with Crippen LogP contribution in [0.25, 0.3) is 33.3 Å². The lowest BCUT2D eigenvalue weighted by atomic mass is 10.0. The van der Waals surface area contributed by atoms with Gasteiger partial charge in [0.05, 0.1) is 14.2 Å². The highest BCUT2D eigenvalue weighted by molar-refractivity contribution is 6.00. The maximum absolute atomic E-state index is 11.8. The molecule has 1 N–H and O–H groups in total. The van der Waals surface area contributed by atoms with E-state index in [1.807, 2.05) is 36.5 Å². The highest BCUT2D eigenvalue weighted by Gasteiger charge is 2.15. The predicted octanol–water partition coefficient (Wildman–Crippen LogP) is 4.43. The molecule has 1 aromatic carbocycles. The Morgan fingerprint density at radius 3 is 2.60 bits per heavy atom. The van der Waals surface area contributed by atoms with E-state index in [-0.39, 0.29) is 18.6 Å². The number of esters is 1. The molecule has 0 saturated heterocycles. The molecule has 4 rings (SSSR count). The first kappa shape index (κ1) is 23.5. The van der Waals surface area contributed by atoms with Gasteiger partial charge in [-0.1, -0.05) is 6.58 Å². The van der Waals surface area contributed by atoms with E-state index in [2.05, 4.69) is 21.9 Å². The number of aromatic nitrogens is 3. The molecule has 3 aromatic heterocycles. The van der Waals surface area contributed by atoms with Crippen molar-refractivity contribution in [2.24, 2.45) is 0 Å². The smallest absolute Gasteiger partial charge is 0.304 e. The highest BCUT2D eigenvalue weighted by Crippen LogP contribution is 2.35. The van der Waals surface area contributed by atoms with E-state index < -0.39 is 0 Å². The first-order valence-electron chi connectivity index (χ1n) is 10.7. The van der Waals surface area contributed by atoms with Crippen molar-refractivity contribution >= 4 is 28.6 Å². The molecular weight excluding hydrogens is 448 g/mol. The third-order valence-electron chi connectivity index (χ3n) is 5.30. The number of carbonyl (C=O) groups is 2. The second kappa shape index (κ2) is 10.1. The van der Waals surface area contributed by atoms with Crippen LogP contribution >= 0.6 is 0 Å². The molecule has 3 heterocycles. The van der Waals surface area contributed by atoms with Crippen LogP contribution in [0.3, 0.4) is 0 Å². The number of nitrogens with zero attached hydrogens (tertiary/aromatic N) is 3. The molecular formula is C26H24N4O5. The van der Waals surface area contributed by atoms with Gasteiger partial charge < -0.3 is 19.5 Å². The van der Waals surface area contributed by atoms with E-state index in [9.17, 15) is 9.59 Å². The minimum Gasteiger partial charge on any atom is -0.497 e. The first-order valence-corrected chi connectivity index (χ1v) is 10.7. The largest absolute Gasteiger partial charge is 0.497 e. The minimum atomic E-state index is -0.388. The SMILES string of the molecule is C=CC(=O)Nc1cc(OC)cc(-c2cnc3c(c2)c(-c2ccnc(OC)c2)cn3COC(C)=O)c1. The van der Waals surface area contributed by atoms with Crippen molar-refractivity contribution in [1.29, 1.82) is 0 Å². The van der Waals surface area contributed by atoms with Crippen molar-refractivity contribution in [2.45, 2.75) is 13.7 Å². The number of pyridine rings is 2. The van der Waals surface area contributed by atoms with Crippen molar-refractivity contribution in [3.63, 3.8) is 0 Å². The molecule has 0 bridgehead atoms. The third-order valence-corrected chi connectivity index (χ3v) is 5.30. The molecule has 35 heavy (non-hydrogen) atoms. The van der Waals surface area contributed by atoms with Gasteiger partial charge in [0, 0.05) is 59.8 Å². The molecule has 0 spiro atoms. The molecule has 178 valence electrons. The molecule has 0 saturated carbocycles. The monoisotopic (exact) mass is 472 g/mol. The van der Waals surface area contributed by atoms with Gasteiger partial charge in [-0.2, -0.15) is 0 Å². The lowest BCUT2D eigenvalue weighted by Crippen LogP contribution is -2.07. The maximum Gasteiger partial charge on any atom is 0.304 e. The summed E-state index contributed by atoms with van der Waals surface area (Å²) in [5.74, 6) is 0.340. The fourth-order valence-corrected chi connectivity index (χ4v) is 3.66. The summed E-state index contributed by atoms with van der Waals surface area (Å²) in [6, 6.07) is 11.1. The zero-order chi connectivity index (χ0) is 24.9. The van der Waals surface area contributed by atoms with Gasteiger partial charge in [-0.15, -0.1) is 0 Å². The molecule has 0 unspecified atom stereocenters. The summed E-state index contributed by atoms with van der Waals surface area (Å²) < 4.78 is 17.7. The number of anilines is 1. The zero-order valence-corrected chi connectivity index (χ0v) is 19.6. The minimum absolute atomic E-state index is 0.0251. The molecule has 0 aliphatic heterocycles. The lowest BCUT2D eigenvalue weighted by Gasteiger charge is -2.10. The van der Waals surface area contributed by atoms with Crippen LogP contribution in [-0.2, 0) is 21.1 Å². The number of rotatable bonds is 8. The van der Waals surface area contributed by atoms with Crippen LogP contribution in [-0.4, -0.2) is 40.6 Å². The summed E-state index contributed by atoms with van der Waals surface area (Å²) in [6.07, 6.45) is 6.46. The van der Waals surface area contributed by atoms with Crippen LogP contribution in [0.5, 0.6) is 11.6 Å². The van der Waals surface area contributed by atoms with Crippen LogP contribution in [0, 0.1) is 0 Å². The van der Waals surface area contributed by atoms with E-state index in [1.165, 1.54) is 13.0 Å². The van der Waals surface area contributed by atoms with Gasteiger partial charge in [0.2, 0.25) is 11.8 Å². The Hall–Kier alpha value is -4.66. The van der Waals surface area contributed by atoms with Crippen LogP contribution in [0.4, 0.5) is 5.69 Å². The quantitative estimate of drug-likeness (QED) is 0.299. The van der Waals surface area contributed by atoms with E-state index >= 15 is 0 Å². The number of ether oxygens (including phenoxy) is 3. The van der Waals surface area contributed by atoms with Crippen molar-refractivity contribution in [3.8, 4) is 33.9 Å². The normalized spacial score (nSPS) is 10.6. The zero-order valence-electron chi connectivity index (χ0n) is 19.6. The number of hydrogen-bond acceptors (Lipinski definition) is 7. The average Bonchev–Trinajstić information content (AvgIpc) is 3.25. The maximum atomic E-state index is 11.8. The number of hydrogen-bond donors (Lipinski definition) is 1. The van der Waals surface area contributed by atoms with Gasteiger partial charge in [-0.25, -0.2) is 9.97 Å². The van der Waals surface area contributed by atoms with Gasteiger partial charge in [-0.3, -0.25) is 14.2 Å². The molecule has 0 fully saturated rings. The number of fused-ring (bicyclic) bond motifs is 1.